The number of hydrogen-bond donors (Lipinski definition) is 1. The topological polar surface area (TPSA) is 35.2 Å². The van der Waals surface area contributed by atoms with Crippen molar-refractivity contribution in [3.05, 3.63) is 53.1 Å². The van der Waals surface area contributed by atoms with Gasteiger partial charge in [0.2, 0.25) is 0 Å². The number of ether oxygens (including phenoxy) is 1. The molecule has 2 rings (SSSR count). The Morgan fingerprint density at radius 2 is 1.67 bits per heavy atom. The van der Waals surface area contributed by atoms with Crippen molar-refractivity contribution in [3.8, 4) is 11.5 Å². The summed E-state index contributed by atoms with van der Waals surface area (Å²) in [6.45, 7) is 1.45. The van der Waals surface area contributed by atoms with E-state index in [0.29, 0.717) is 12.1 Å². The third kappa shape index (κ3) is 3.24. The number of nitrogens with two attached hydrogens (primary N) is 1. The van der Waals surface area contributed by atoms with E-state index in [0.717, 1.165) is 12.1 Å². The van der Waals surface area contributed by atoms with Crippen molar-refractivity contribution in [2.45, 2.75) is 13.1 Å². The monoisotopic (exact) mass is 303 g/mol. The fourth-order valence-corrected chi connectivity index (χ4v) is 1.67. The van der Waals surface area contributed by atoms with Crippen molar-refractivity contribution in [1.29, 1.82) is 0 Å². The zero-order valence-electron chi connectivity index (χ0n) is 10.8. The van der Waals surface area contributed by atoms with Crippen LogP contribution in [0.5, 0.6) is 11.5 Å². The molecular formula is C14H10F5NO. The van der Waals surface area contributed by atoms with Crippen LogP contribution in [0.25, 0.3) is 0 Å². The summed E-state index contributed by atoms with van der Waals surface area (Å²) in [4.78, 5) is 0. The molecule has 0 amide bonds. The number of aryl methyl sites for hydroxylation is 1. The maximum Gasteiger partial charge on any atom is 0.419 e. The first kappa shape index (κ1) is 15.1. The molecule has 0 unspecified atom stereocenters. The van der Waals surface area contributed by atoms with Gasteiger partial charge in [-0.25, -0.2) is 8.78 Å². The second-order valence-corrected chi connectivity index (χ2v) is 4.38. The summed E-state index contributed by atoms with van der Waals surface area (Å²) in [6, 6.07) is 4.45. The standard InChI is InChI=1S/C14H10F5NO/c1-7-4-13(12(20)6-11(7)16)21-8-2-3-10(15)9(5-8)14(17,18)19/h2-6H,20H2,1H3. The molecule has 0 heterocycles. The SMILES string of the molecule is Cc1cc(Oc2ccc(F)c(C(F)(F)F)c2)c(N)cc1F. The van der Waals surface area contributed by atoms with Gasteiger partial charge >= 0.3 is 6.18 Å². The Bertz CT molecular complexity index is 682. The molecule has 7 heteroatoms. The lowest BCUT2D eigenvalue weighted by molar-refractivity contribution is -0.140. The summed E-state index contributed by atoms with van der Waals surface area (Å²) in [5.41, 5.74) is 4.23. The fraction of sp³-hybridized carbons (Fsp3) is 0.143. The Morgan fingerprint density at radius 3 is 2.29 bits per heavy atom. The molecule has 0 saturated carbocycles. The number of nitrogen functional groups attached to an aromatic ring is 1. The van der Waals surface area contributed by atoms with E-state index in [9.17, 15) is 22.0 Å². The first-order chi connectivity index (χ1) is 9.68. The smallest absolute Gasteiger partial charge is 0.419 e. The number of hydrogen-bond acceptors (Lipinski definition) is 2. The first-order valence-corrected chi connectivity index (χ1v) is 5.78. The highest BCUT2D eigenvalue weighted by Gasteiger charge is 2.34. The maximum absolute atomic E-state index is 13.2. The third-order valence-electron chi connectivity index (χ3n) is 2.76. The third-order valence-corrected chi connectivity index (χ3v) is 2.76. The molecule has 0 aliphatic carbocycles. The molecule has 2 N–H and O–H groups in total. The number of benzene rings is 2. The highest BCUT2D eigenvalue weighted by atomic mass is 19.4. The Kier molecular flexibility index (Phi) is 3.76. The molecule has 0 aliphatic heterocycles. The lowest BCUT2D eigenvalue weighted by Gasteiger charge is -2.13. The van der Waals surface area contributed by atoms with Gasteiger partial charge in [-0.3, -0.25) is 0 Å². The highest BCUT2D eigenvalue weighted by Crippen LogP contribution is 2.36. The summed E-state index contributed by atoms with van der Waals surface area (Å²) in [5, 5.41) is 0. The molecule has 0 spiro atoms. The van der Waals surface area contributed by atoms with E-state index in [1.165, 1.54) is 13.0 Å². The highest BCUT2D eigenvalue weighted by molar-refractivity contribution is 5.56. The number of halogens is 5. The summed E-state index contributed by atoms with van der Waals surface area (Å²) >= 11 is 0. The summed E-state index contributed by atoms with van der Waals surface area (Å²) in [5.74, 6) is -2.22. The Balaban J connectivity index is 2.39. The molecule has 2 aromatic rings. The molecule has 112 valence electrons. The van der Waals surface area contributed by atoms with Crippen LogP contribution in [0.15, 0.2) is 30.3 Å². The molecule has 0 saturated heterocycles. The first-order valence-electron chi connectivity index (χ1n) is 5.78. The molecule has 21 heavy (non-hydrogen) atoms. The van der Waals surface area contributed by atoms with Crippen molar-refractivity contribution in [3.63, 3.8) is 0 Å². The van der Waals surface area contributed by atoms with Gasteiger partial charge in [0.25, 0.3) is 0 Å². The minimum atomic E-state index is -4.84. The number of alkyl halides is 3. The molecule has 0 bridgehead atoms. The molecule has 2 aromatic carbocycles. The lowest BCUT2D eigenvalue weighted by atomic mass is 10.2. The average Bonchev–Trinajstić information content (AvgIpc) is 2.37. The van der Waals surface area contributed by atoms with E-state index >= 15 is 0 Å². The quantitative estimate of drug-likeness (QED) is 0.646. The predicted octanol–water partition coefficient (Wildman–Crippen LogP) is 4.67. The average molecular weight is 303 g/mol. The van der Waals surface area contributed by atoms with Gasteiger partial charge in [0.1, 0.15) is 17.4 Å². The van der Waals surface area contributed by atoms with E-state index in [-0.39, 0.29) is 22.7 Å². The van der Waals surface area contributed by atoms with Crippen molar-refractivity contribution in [2.24, 2.45) is 0 Å². The Morgan fingerprint density at radius 1 is 1.00 bits per heavy atom. The fourth-order valence-electron chi connectivity index (χ4n) is 1.67. The lowest BCUT2D eigenvalue weighted by Crippen LogP contribution is -2.08. The van der Waals surface area contributed by atoms with Gasteiger partial charge in [0.05, 0.1) is 11.3 Å². The number of rotatable bonds is 2. The second kappa shape index (κ2) is 5.23. The van der Waals surface area contributed by atoms with Crippen LogP contribution in [0, 0.1) is 18.6 Å². The Hall–Kier alpha value is -2.31. The van der Waals surface area contributed by atoms with Gasteiger partial charge in [-0.2, -0.15) is 13.2 Å². The van der Waals surface area contributed by atoms with Crippen LogP contribution >= 0.6 is 0 Å². The van der Waals surface area contributed by atoms with Gasteiger partial charge in [-0.05, 0) is 36.8 Å². The van der Waals surface area contributed by atoms with Crippen molar-refractivity contribution in [2.75, 3.05) is 5.73 Å². The van der Waals surface area contributed by atoms with Crippen LogP contribution in [-0.4, -0.2) is 0 Å². The molecule has 0 fully saturated rings. The van der Waals surface area contributed by atoms with E-state index in [2.05, 4.69) is 0 Å². The van der Waals surface area contributed by atoms with Crippen LogP contribution in [0.2, 0.25) is 0 Å². The summed E-state index contributed by atoms with van der Waals surface area (Å²) in [6.07, 6.45) is -4.84. The molecule has 0 radical (unpaired) electrons. The van der Waals surface area contributed by atoms with Crippen LogP contribution in [0.1, 0.15) is 11.1 Å². The summed E-state index contributed by atoms with van der Waals surface area (Å²) < 4.78 is 69.3. The van der Waals surface area contributed by atoms with Gasteiger partial charge in [0, 0.05) is 6.07 Å². The van der Waals surface area contributed by atoms with E-state index in [4.69, 9.17) is 10.5 Å². The molecule has 2 nitrogen and oxygen atoms in total. The van der Waals surface area contributed by atoms with E-state index in [1.807, 2.05) is 0 Å². The maximum atomic E-state index is 13.2. The van der Waals surface area contributed by atoms with Crippen LogP contribution in [0.4, 0.5) is 27.6 Å². The zero-order valence-corrected chi connectivity index (χ0v) is 10.8. The van der Waals surface area contributed by atoms with Gasteiger partial charge < -0.3 is 10.5 Å². The van der Waals surface area contributed by atoms with Crippen LogP contribution in [0.3, 0.4) is 0 Å². The van der Waals surface area contributed by atoms with Crippen molar-refractivity contribution >= 4 is 5.69 Å². The van der Waals surface area contributed by atoms with Crippen LogP contribution in [-0.2, 0) is 6.18 Å². The summed E-state index contributed by atoms with van der Waals surface area (Å²) in [7, 11) is 0. The van der Waals surface area contributed by atoms with Crippen LogP contribution < -0.4 is 10.5 Å². The molecular weight excluding hydrogens is 293 g/mol. The normalized spacial score (nSPS) is 11.5. The van der Waals surface area contributed by atoms with Crippen molar-refractivity contribution < 1.29 is 26.7 Å². The van der Waals surface area contributed by atoms with E-state index in [1.54, 1.807) is 0 Å². The second-order valence-electron chi connectivity index (χ2n) is 4.38. The molecule has 0 atom stereocenters. The zero-order chi connectivity index (χ0) is 15.8. The van der Waals surface area contributed by atoms with E-state index < -0.39 is 23.4 Å². The predicted molar refractivity (Wildman–Crippen MR) is 67.0 cm³/mol. The van der Waals surface area contributed by atoms with Gasteiger partial charge in [-0.15, -0.1) is 0 Å². The molecule has 0 aromatic heterocycles. The van der Waals surface area contributed by atoms with Crippen molar-refractivity contribution in [1.82, 2.24) is 0 Å². The van der Waals surface area contributed by atoms with Gasteiger partial charge in [-0.1, -0.05) is 0 Å². The minimum absolute atomic E-state index is 0.00590. The largest absolute Gasteiger partial charge is 0.455 e. The molecule has 0 aliphatic rings. The van der Waals surface area contributed by atoms with Gasteiger partial charge in [0.15, 0.2) is 5.75 Å². The Labute approximate surface area is 116 Å². The number of anilines is 1. The minimum Gasteiger partial charge on any atom is -0.455 e.